The van der Waals surface area contributed by atoms with Gasteiger partial charge in [0.05, 0.1) is 5.92 Å². The molecule has 1 fully saturated rings. The van der Waals surface area contributed by atoms with Crippen LogP contribution in [0.3, 0.4) is 0 Å². The standard InChI is InChI=1S/C14H19N3O4/c1-2-7-17-12(18)6-5-11(15-17)13(19)16-8-3-4-10(9-16)14(20)21/h5-6,10H,2-4,7-9H2,1H3,(H,20,21)/t10-/m0/s1. The average Bonchev–Trinajstić information content (AvgIpc) is 2.49. The third-order valence-corrected chi connectivity index (χ3v) is 3.58. The van der Waals surface area contributed by atoms with Gasteiger partial charge in [0.15, 0.2) is 0 Å². The zero-order valence-corrected chi connectivity index (χ0v) is 12.0. The topological polar surface area (TPSA) is 92.5 Å². The Labute approximate surface area is 122 Å². The predicted molar refractivity (Wildman–Crippen MR) is 75.1 cm³/mol. The molecule has 1 N–H and O–H groups in total. The fourth-order valence-corrected chi connectivity index (χ4v) is 2.46. The molecular weight excluding hydrogens is 274 g/mol. The maximum absolute atomic E-state index is 12.4. The molecule has 0 unspecified atom stereocenters. The number of aryl methyl sites for hydroxylation is 1. The third-order valence-electron chi connectivity index (χ3n) is 3.58. The molecule has 1 aromatic rings. The van der Waals surface area contributed by atoms with Crippen LogP contribution in [-0.4, -0.2) is 44.8 Å². The monoisotopic (exact) mass is 293 g/mol. The highest BCUT2D eigenvalue weighted by molar-refractivity contribution is 5.92. The number of carbonyl (C=O) groups excluding carboxylic acids is 1. The number of hydrogen-bond acceptors (Lipinski definition) is 4. The van der Waals surface area contributed by atoms with Crippen LogP contribution in [0.4, 0.5) is 0 Å². The van der Waals surface area contributed by atoms with Crippen LogP contribution >= 0.6 is 0 Å². The molecule has 1 atom stereocenters. The van der Waals surface area contributed by atoms with E-state index >= 15 is 0 Å². The second kappa shape index (κ2) is 6.51. The molecular formula is C14H19N3O4. The maximum Gasteiger partial charge on any atom is 0.308 e. The van der Waals surface area contributed by atoms with Crippen molar-refractivity contribution >= 4 is 11.9 Å². The maximum atomic E-state index is 12.4. The lowest BCUT2D eigenvalue weighted by molar-refractivity contribution is -0.143. The molecule has 2 heterocycles. The van der Waals surface area contributed by atoms with E-state index in [1.54, 1.807) is 0 Å². The predicted octanol–water partition coefficient (Wildman–Crippen LogP) is 0.590. The summed E-state index contributed by atoms with van der Waals surface area (Å²) in [7, 11) is 0. The lowest BCUT2D eigenvalue weighted by atomic mass is 9.98. The number of rotatable bonds is 4. The highest BCUT2D eigenvalue weighted by Gasteiger charge is 2.29. The van der Waals surface area contributed by atoms with Gasteiger partial charge in [-0.25, -0.2) is 4.68 Å². The smallest absolute Gasteiger partial charge is 0.308 e. The Balaban J connectivity index is 2.17. The number of aromatic nitrogens is 2. The van der Waals surface area contributed by atoms with Crippen molar-refractivity contribution in [3.8, 4) is 0 Å². The highest BCUT2D eigenvalue weighted by Crippen LogP contribution is 2.18. The van der Waals surface area contributed by atoms with Gasteiger partial charge in [-0.15, -0.1) is 0 Å². The van der Waals surface area contributed by atoms with E-state index in [2.05, 4.69) is 5.10 Å². The van der Waals surface area contributed by atoms with Crippen LogP contribution in [0.5, 0.6) is 0 Å². The number of likely N-dealkylation sites (tertiary alicyclic amines) is 1. The first-order valence-corrected chi connectivity index (χ1v) is 7.13. The van der Waals surface area contributed by atoms with Gasteiger partial charge in [-0.1, -0.05) is 6.92 Å². The van der Waals surface area contributed by atoms with Crippen molar-refractivity contribution in [2.75, 3.05) is 13.1 Å². The molecule has 21 heavy (non-hydrogen) atoms. The Kier molecular flexibility index (Phi) is 4.72. The number of amides is 1. The van der Waals surface area contributed by atoms with Gasteiger partial charge in [0.2, 0.25) is 0 Å². The van der Waals surface area contributed by atoms with Crippen LogP contribution in [0.25, 0.3) is 0 Å². The number of piperidine rings is 1. The van der Waals surface area contributed by atoms with E-state index in [9.17, 15) is 14.4 Å². The summed E-state index contributed by atoms with van der Waals surface area (Å²) in [5.74, 6) is -1.72. The molecule has 1 aliphatic rings. The van der Waals surface area contributed by atoms with Crippen LogP contribution in [0.1, 0.15) is 36.7 Å². The van der Waals surface area contributed by atoms with Gasteiger partial charge in [0, 0.05) is 25.7 Å². The van der Waals surface area contributed by atoms with Crippen LogP contribution in [-0.2, 0) is 11.3 Å². The summed E-state index contributed by atoms with van der Waals surface area (Å²) in [6, 6.07) is 2.73. The molecule has 114 valence electrons. The Hall–Kier alpha value is -2.18. The minimum Gasteiger partial charge on any atom is -0.481 e. The van der Waals surface area contributed by atoms with E-state index in [0.717, 1.165) is 6.42 Å². The third kappa shape index (κ3) is 3.48. The molecule has 2 rings (SSSR count). The number of carboxylic acids is 1. The van der Waals surface area contributed by atoms with Crippen LogP contribution in [0.15, 0.2) is 16.9 Å². The fourth-order valence-electron chi connectivity index (χ4n) is 2.46. The Bertz CT molecular complexity index is 596. The molecule has 0 radical (unpaired) electrons. The average molecular weight is 293 g/mol. The lowest BCUT2D eigenvalue weighted by Gasteiger charge is -2.30. The Morgan fingerprint density at radius 3 is 2.86 bits per heavy atom. The SMILES string of the molecule is CCCn1nc(C(=O)N2CCC[C@H](C(=O)O)C2)ccc1=O. The van der Waals surface area contributed by atoms with Crippen LogP contribution in [0, 0.1) is 5.92 Å². The number of carboxylic acid groups (broad SMARTS) is 1. The van der Waals surface area contributed by atoms with Crippen molar-refractivity contribution in [1.29, 1.82) is 0 Å². The molecule has 1 saturated heterocycles. The zero-order chi connectivity index (χ0) is 15.4. The van der Waals surface area contributed by atoms with Gasteiger partial charge in [0.25, 0.3) is 11.5 Å². The first kappa shape index (κ1) is 15.2. The lowest BCUT2D eigenvalue weighted by Crippen LogP contribution is -2.43. The second-order valence-corrected chi connectivity index (χ2v) is 5.21. The molecule has 7 nitrogen and oxygen atoms in total. The summed E-state index contributed by atoms with van der Waals surface area (Å²) in [5.41, 5.74) is -0.0513. The van der Waals surface area contributed by atoms with E-state index < -0.39 is 11.9 Å². The quantitative estimate of drug-likeness (QED) is 0.877. The first-order chi connectivity index (χ1) is 10.0. The molecule has 1 aromatic heterocycles. The normalized spacial score (nSPS) is 18.5. The van der Waals surface area contributed by atoms with Gasteiger partial charge >= 0.3 is 5.97 Å². The van der Waals surface area contributed by atoms with Crippen molar-refractivity contribution in [3.05, 3.63) is 28.2 Å². The number of hydrogen-bond donors (Lipinski definition) is 1. The first-order valence-electron chi connectivity index (χ1n) is 7.13. The van der Waals surface area contributed by atoms with E-state index in [-0.39, 0.29) is 23.7 Å². The van der Waals surface area contributed by atoms with Gasteiger partial charge < -0.3 is 10.0 Å². The summed E-state index contributed by atoms with van der Waals surface area (Å²) >= 11 is 0. The van der Waals surface area contributed by atoms with E-state index in [4.69, 9.17) is 5.11 Å². The van der Waals surface area contributed by atoms with E-state index in [1.165, 1.54) is 21.7 Å². The van der Waals surface area contributed by atoms with Crippen molar-refractivity contribution in [2.45, 2.75) is 32.7 Å². The molecule has 1 amide bonds. The van der Waals surface area contributed by atoms with E-state index in [0.29, 0.717) is 25.9 Å². The van der Waals surface area contributed by atoms with E-state index in [1.807, 2.05) is 6.92 Å². The Morgan fingerprint density at radius 2 is 2.19 bits per heavy atom. The molecule has 0 aliphatic carbocycles. The molecule has 0 aromatic carbocycles. The van der Waals surface area contributed by atoms with Crippen LogP contribution in [0.2, 0.25) is 0 Å². The number of aliphatic carboxylic acids is 1. The minimum absolute atomic E-state index is 0.189. The summed E-state index contributed by atoms with van der Waals surface area (Å²) in [4.78, 5) is 36.5. The molecule has 1 aliphatic heterocycles. The van der Waals surface area contributed by atoms with Crippen LogP contribution < -0.4 is 5.56 Å². The number of nitrogens with zero attached hydrogens (tertiary/aromatic N) is 3. The fraction of sp³-hybridized carbons (Fsp3) is 0.571. The highest BCUT2D eigenvalue weighted by atomic mass is 16.4. The molecule has 0 bridgehead atoms. The summed E-state index contributed by atoms with van der Waals surface area (Å²) in [6.45, 7) is 3.10. The van der Waals surface area contributed by atoms with Crippen molar-refractivity contribution in [2.24, 2.45) is 5.92 Å². The minimum atomic E-state index is -0.878. The summed E-state index contributed by atoms with van der Waals surface area (Å²) in [6.07, 6.45) is 1.99. The van der Waals surface area contributed by atoms with Crippen molar-refractivity contribution in [1.82, 2.24) is 14.7 Å². The number of carbonyl (C=O) groups is 2. The van der Waals surface area contributed by atoms with Gasteiger partial charge in [-0.2, -0.15) is 5.10 Å². The van der Waals surface area contributed by atoms with Crippen molar-refractivity contribution in [3.63, 3.8) is 0 Å². The largest absolute Gasteiger partial charge is 0.481 e. The molecule has 0 saturated carbocycles. The van der Waals surface area contributed by atoms with Crippen molar-refractivity contribution < 1.29 is 14.7 Å². The zero-order valence-electron chi connectivity index (χ0n) is 12.0. The summed E-state index contributed by atoms with van der Waals surface area (Å²) < 4.78 is 1.27. The summed E-state index contributed by atoms with van der Waals surface area (Å²) in [5, 5.41) is 13.1. The Morgan fingerprint density at radius 1 is 1.43 bits per heavy atom. The molecule has 0 spiro atoms. The molecule has 7 heteroatoms. The van der Waals surface area contributed by atoms with Gasteiger partial charge in [-0.05, 0) is 25.3 Å². The van der Waals surface area contributed by atoms with Gasteiger partial charge in [0.1, 0.15) is 5.69 Å². The van der Waals surface area contributed by atoms with Gasteiger partial charge in [-0.3, -0.25) is 14.4 Å². The second-order valence-electron chi connectivity index (χ2n) is 5.21.